The van der Waals surface area contributed by atoms with E-state index >= 15 is 0 Å². The Morgan fingerprint density at radius 3 is 3.05 bits per heavy atom. The van der Waals surface area contributed by atoms with E-state index in [0.717, 1.165) is 28.7 Å². The van der Waals surface area contributed by atoms with E-state index in [1.165, 1.54) is 12.8 Å². The second kappa shape index (κ2) is 4.86. The Morgan fingerprint density at radius 1 is 1.35 bits per heavy atom. The van der Waals surface area contributed by atoms with Crippen molar-refractivity contribution in [2.45, 2.75) is 43.7 Å². The average Bonchev–Trinajstić information content (AvgIpc) is 3.13. The summed E-state index contributed by atoms with van der Waals surface area (Å²) in [6.45, 7) is 0. The van der Waals surface area contributed by atoms with E-state index in [2.05, 4.69) is 15.5 Å². The number of hydrogen-bond acceptors (Lipinski definition) is 4. The molecule has 3 unspecified atom stereocenters. The fourth-order valence-electron chi connectivity index (χ4n) is 3.42. The van der Waals surface area contributed by atoms with Gasteiger partial charge in [-0.3, -0.25) is 0 Å². The van der Waals surface area contributed by atoms with Gasteiger partial charge in [-0.05, 0) is 37.0 Å². The number of nitrogens with zero attached hydrogens (tertiary/aromatic N) is 2. The van der Waals surface area contributed by atoms with Crippen LogP contribution in [0.5, 0.6) is 0 Å². The van der Waals surface area contributed by atoms with Gasteiger partial charge in [0.1, 0.15) is 0 Å². The molecule has 0 radical (unpaired) electrons. The minimum absolute atomic E-state index is 0.398. The van der Waals surface area contributed by atoms with E-state index < -0.39 is 0 Å². The van der Waals surface area contributed by atoms with Crippen LogP contribution < -0.4 is 5.32 Å². The van der Waals surface area contributed by atoms with Gasteiger partial charge in [0.05, 0.1) is 5.92 Å². The first-order chi connectivity index (χ1) is 9.78. The lowest BCUT2D eigenvalue weighted by Crippen LogP contribution is -2.21. The molecular weight excluding hydrogens is 274 g/mol. The number of aromatic nitrogens is 2. The van der Waals surface area contributed by atoms with Gasteiger partial charge in [0, 0.05) is 23.5 Å². The first kappa shape index (κ1) is 12.4. The van der Waals surface area contributed by atoms with Crippen LogP contribution in [0.1, 0.15) is 42.5 Å². The van der Waals surface area contributed by atoms with Gasteiger partial charge in [-0.1, -0.05) is 28.9 Å². The monoisotopic (exact) mass is 289 g/mol. The summed E-state index contributed by atoms with van der Waals surface area (Å²) in [5.41, 5.74) is 1.11. The summed E-state index contributed by atoms with van der Waals surface area (Å²) >= 11 is 5.99. The number of rotatable bonds is 3. The van der Waals surface area contributed by atoms with Crippen LogP contribution in [-0.4, -0.2) is 22.2 Å². The van der Waals surface area contributed by atoms with Crippen LogP contribution in [0.15, 0.2) is 28.8 Å². The van der Waals surface area contributed by atoms with Crippen molar-refractivity contribution >= 4 is 11.6 Å². The average molecular weight is 290 g/mol. The molecule has 3 heterocycles. The quantitative estimate of drug-likeness (QED) is 0.944. The molecule has 2 saturated heterocycles. The third kappa shape index (κ3) is 2.23. The summed E-state index contributed by atoms with van der Waals surface area (Å²) in [5, 5.41) is 8.45. The molecule has 0 aliphatic carbocycles. The zero-order valence-corrected chi connectivity index (χ0v) is 11.8. The molecule has 4 nitrogen and oxygen atoms in total. The molecule has 5 heteroatoms. The maximum absolute atomic E-state index is 5.99. The van der Waals surface area contributed by atoms with Crippen LogP contribution >= 0.6 is 11.6 Å². The lowest BCUT2D eigenvalue weighted by molar-refractivity contribution is 0.327. The molecule has 20 heavy (non-hydrogen) atoms. The van der Waals surface area contributed by atoms with Crippen LogP contribution in [0.4, 0.5) is 0 Å². The Balaban J connectivity index is 1.51. The summed E-state index contributed by atoms with van der Waals surface area (Å²) in [7, 11) is 0. The lowest BCUT2D eigenvalue weighted by Gasteiger charge is -2.15. The van der Waals surface area contributed by atoms with Crippen molar-refractivity contribution in [3.8, 4) is 0 Å². The number of benzene rings is 1. The Labute approximate surface area is 122 Å². The largest absolute Gasteiger partial charge is 0.339 e. The predicted molar refractivity (Wildman–Crippen MR) is 75.9 cm³/mol. The molecule has 0 spiro atoms. The lowest BCUT2D eigenvalue weighted by atomic mass is 9.89. The van der Waals surface area contributed by atoms with Gasteiger partial charge in [0.25, 0.3) is 0 Å². The summed E-state index contributed by atoms with van der Waals surface area (Å²) in [4.78, 5) is 4.58. The van der Waals surface area contributed by atoms with Crippen molar-refractivity contribution in [2.75, 3.05) is 0 Å². The number of halogens is 1. The molecular formula is C15H16ClN3O. The van der Waals surface area contributed by atoms with Crippen LogP contribution in [0.25, 0.3) is 0 Å². The van der Waals surface area contributed by atoms with Gasteiger partial charge in [-0.15, -0.1) is 0 Å². The molecule has 2 aliphatic rings. The zero-order chi connectivity index (χ0) is 13.5. The van der Waals surface area contributed by atoms with E-state index in [1.807, 2.05) is 24.3 Å². The molecule has 1 aromatic carbocycles. The highest BCUT2D eigenvalue weighted by Crippen LogP contribution is 2.39. The maximum atomic E-state index is 5.99. The second-order valence-electron chi connectivity index (χ2n) is 5.75. The molecule has 2 aromatic rings. The number of hydrogen-bond donors (Lipinski definition) is 1. The van der Waals surface area contributed by atoms with Crippen molar-refractivity contribution in [1.82, 2.24) is 15.5 Å². The highest BCUT2D eigenvalue weighted by molar-refractivity contribution is 6.30. The molecule has 2 bridgehead atoms. The number of fused-ring (bicyclic) bond motifs is 2. The van der Waals surface area contributed by atoms with Gasteiger partial charge in [-0.2, -0.15) is 4.98 Å². The van der Waals surface area contributed by atoms with E-state index in [0.29, 0.717) is 24.4 Å². The van der Waals surface area contributed by atoms with E-state index in [4.69, 9.17) is 16.1 Å². The highest BCUT2D eigenvalue weighted by Gasteiger charge is 2.42. The fourth-order valence-corrected chi connectivity index (χ4v) is 3.63. The van der Waals surface area contributed by atoms with Crippen molar-refractivity contribution in [3.05, 3.63) is 46.6 Å². The Bertz CT molecular complexity index is 627. The third-order valence-corrected chi connectivity index (χ3v) is 4.59. The summed E-state index contributed by atoms with van der Waals surface area (Å²) in [6, 6.07) is 8.96. The molecule has 2 aliphatic heterocycles. The normalized spacial score (nSPS) is 28.1. The molecule has 104 valence electrons. The topological polar surface area (TPSA) is 51.0 Å². The van der Waals surface area contributed by atoms with E-state index in [9.17, 15) is 0 Å². The van der Waals surface area contributed by atoms with Gasteiger partial charge < -0.3 is 9.84 Å². The smallest absolute Gasteiger partial charge is 0.231 e. The molecule has 3 atom stereocenters. The van der Waals surface area contributed by atoms with E-state index in [-0.39, 0.29) is 0 Å². The van der Waals surface area contributed by atoms with E-state index in [1.54, 1.807) is 0 Å². The molecule has 0 saturated carbocycles. The molecule has 1 N–H and O–H groups in total. The summed E-state index contributed by atoms with van der Waals surface area (Å²) < 4.78 is 5.47. The summed E-state index contributed by atoms with van der Waals surface area (Å²) in [6.07, 6.45) is 4.30. The minimum Gasteiger partial charge on any atom is -0.339 e. The van der Waals surface area contributed by atoms with Crippen molar-refractivity contribution in [2.24, 2.45) is 0 Å². The van der Waals surface area contributed by atoms with Gasteiger partial charge in [-0.25, -0.2) is 0 Å². The third-order valence-electron chi connectivity index (χ3n) is 4.35. The predicted octanol–water partition coefficient (Wildman–Crippen LogP) is 2.92. The molecule has 2 fully saturated rings. The van der Waals surface area contributed by atoms with Crippen LogP contribution in [-0.2, 0) is 6.42 Å². The summed E-state index contributed by atoms with van der Waals surface area (Å²) in [5.74, 6) is 1.93. The minimum atomic E-state index is 0.398. The van der Waals surface area contributed by atoms with Crippen LogP contribution in [0, 0.1) is 0 Å². The maximum Gasteiger partial charge on any atom is 0.231 e. The van der Waals surface area contributed by atoms with Crippen LogP contribution in [0.3, 0.4) is 0 Å². The van der Waals surface area contributed by atoms with Gasteiger partial charge in [0.2, 0.25) is 5.89 Å². The molecule has 1 aromatic heterocycles. The Kier molecular flexibility index (Phi) is 3.00. The first-order valence-electron chi connectivity index (χ1n) is 7.11. The van der Waals surface area contributed by atoms with Gasteiger partial charge >= 0.3 is 0 Å². The van der Waals surface area contributed by atoms with Crippen molar-refractivity contribution in [1.29, 1.82) is 0 Å². The first-order valence-corrected chi connectivity index (χ1v) is 7.49. The Morgan fingerprint density at radius 2 is 2.30 bits per heavy atom. The van der Waals surface area contributed by atoms with Crippen molar-refractivity contribution < 1.29 is 4.52 Å². The highest BCUT2D eigenvalue weighted by atomic mass is 35.5. The second-order valence-corrected chi connectivity index (χ2v) is 6.18. The molecule has 4 rings (SSSR count). The standard InChI is InChI=1S/C15H16ClN3O/c16-10-3-1-2-9(6-10)7-14-18-15(20-19-14)12-8-11-4-5-13(12)17-11/h1-3,6,11-13,17H,4-5,7-8H2. The molecule has 0 amide bonds. The fraction of sp³-hybridized carbons (Fsp3) is 0.467. The number of nitrogens with one attached hydrogen (secondary N) is 1. The zero-order valence-electron chi connectivity index (χ0n) is 11.1. The Hall–Kier alpha value is -1.39. The van der Waals surface area contributed by atoms with Gasteiger partial charge in [0.15, 0.2) is 5.82 Å². The van der Waals surface area contributed by atoms with Crippen molar-refractivity contribution in [3.63, 3.8) is 0 Å². The SMILES string of the molecule is Clc1cccc(Cc2noc(C3CC4CCC3N4)n2)c1. The van der Waals surface area contributed by atoms with Crippen LogP contribution in [0.2, 0.25) is 5.02 Å².